The van der Waals surface area contributed by atoms with Crippen LogP contribution in [0.1, 0.15) is 27.8 Å². The Bertz CT molecular complexity index is 919. The molecule has 31 heavy (non-hydrogen) atoms. The number of carbonyl (C=O) groups excluding carboxylic acids is 2. The van der Waals surface area contributed by atoms with Crippen molar-refractivity contribution in [1.82, 2.24) is 9.80 Å². The van der Waals surface area contributed by atoms with Crippen LogP contribution in [0.5, 0.6) is 5.75 Å². The second kappa shape index (κ2) is 9.96. The molecule has 166 valence electrons. The predicted molar refractivity (Wildman–Crippen MR) is 124 cm³/mol. The third-order valence-corrected chi connectivity index (χ3v) is 5.78. The number of nitrogens with one attached hydrogen (secondary N) is 1. The van der Waals surface area contributed by atoms with E-state index < -0.39 is 0 Å². The van der Waals surface area contributed by atoms with Crippen molar-refractivity contribution in [1.29, 1.82) is 0 Å². The lowest BCUT2D eigenvalue weighted by Crippen LogP contribution is -2.51. The summed E-state index contributed by atoms with van der Waals surface area (Å²) in [6, 6.07) is 10.1. The van der Waals surface area contributed by atoms with Gasteiger partial charge < -0.3 is 15.0 Å². The van der Waals surface area contributed by atoms with Crippen molar-refractivity contribution in [2.75, 3.05) is 44.6 Å². The molecular formula is C25H33N3O3. The Morgan fingerprint density at radius 1 is 0.903 bits per heavy atom. The number of hydrogen-bond donors (Lipinski definition) is 1. The van der Waals surface area contributed by atoms with E-state index >= 15 is 0 Å². The summed E-state index contributed by atoms with van der Waals surface area (Å²) >= 11 is 0. The predicted octanol–water partition coefficient (Wildman–Crippen LogP) is 3.39. The molecular weight excluding hydrogens is 390 g/mol. The molecule has 0 saturated carbocycles. The lowest BCUT2D eigenvalue weighted by atomic mass is 10.1. The average Bonchev–Trinajstić information content (AvgIpc) is 2.70. The molecule has 3 rings (SSSR count). The zero-order valence-electron chi connectivity index (χ0n) is 19.2. The maximum absolute atomic E-state index is 12.6. The van der Waals surface area contributed by atoms with Gasteiger partial charge in [0, 0.05) is 31.9 Å². The minimum Gasteiger partial charge on any atom is -0.483 e. The second-order valence-electron chi connectivity index (χ2n) is 8.49. The molecule has 1 fully saturated rings. The van der Waals surface area contributed by atoms with Gasteiger partial charge in [0.05, 0.1) is 6.54 Å². The third kappa shape index (κ3) is 5.85. The first-order chi connectivity index (χ1) is 14.7. The summed E-state index contributed by atoms with van der Waals surface area (Å²) in [6.07, 6.45) is 0. The highest BCUT2D eigenvalue weighted by Crippen LogP contribution is 2.24. The molecule has 1 saturated heterocycles. The van der Waals surface area contributed by atoms with Crippen LogP contribution in [-0.2, 0) is 9.59 Å². The summed E-state index contributed by atoms with van der Waals surface area (Å²) in [6.45, 7) is 13.0. The molecule has 1 N–H and O–H groups in total. The van der Waals surface area contributed by atoms with E-state index in [1.54, 1.807) is 0 Å². The molecule has 0 bridgehead atoms. The fourth-order valence-electron chi connectivity index (χ4n) is 4.17. The SMILES string of the molecule is Cc1cc(C)c(OCC(=O)N2CCN(CC(=O)Nc3c(C)cccc3C)CC2)c(C)c1. The second-order valence-corrected chi connectivity index (χ2v) is 8.49. The van der Waals surface area contributed by atoms with Gasteiger partial charge in [-0.3, -0.25) is 14.5 Å². The van der Waals surface area contributed by atoms with E-state index in [4.69, 9.17) is 4.74 Å². The highest BCUT2D eigenvalue weighted by Gasteiger charge is 2.23. The Labute approximate surface area is 185 Å². The van der Waals surface area contributed by atoms with E-state index in [-0.39, 0.29) is 18.4 Å². The van der Waals surface area contributed by atoms with Crippen molar-refractivity contribution in [2.45, 2.75) is 34.6 Å². The van der Waals surface area contributed by atoms with Gasteiger partial charge in [0.1, 0.15) is 5.75 Å². The van der Waals surface area contributed by atoms with E-state index in [9.17, 15) is 9.59 Å². The lowest BCUT2D eigenvalue weighted by Gasteiger charge is -2.34. The van der Waals surface area contributed by atoms with Crippen LogP contribution in [0.25, 0.3) is 0 Å². The van der Waals surface area contributed by atoms with E-state index in [1.807, 2.05) is 50.8 Å². The van der Waals surface area contributed by atoms with Gasteiger partial charge in [0.15, 0.2) is 6.61 Å². The van der Waals surface area contributed by atoms with Gasteiger partial charge in [0.25, 0.3) is 5.91 Å². The van der Waals surface area contributed by atoms with E-state index in [2.05, 4.69) is 29.3 Å². The minimum absolute atomic E-state index is 0.0148. The summed E-state index contributed by atoms with van der Waals surface area (Å²) in [7, 11) is 0. The molecule has 6 heteroatoms. The lowest BCUT2D eigenvalue weighted by molar-refractivity contribution is -0.135. The van der Waals surface area contributed by atoms with Crippen molar-refractivity contribution in [3.63, 3.8) is 0 Å². The fraction of sp³-hybridized carbons (Fsp3) is 0.440. The molecule has 2 aromatic carbocycles. The summed E-state index contributed by atoms with van der Waals surface area (Å²) in [5.41, 5.74) is 6.28. The summed E-state index contributed by atoms with van der Waals surface area (Å²) in [4.78, 5) is 29.0. The number of ether oxygens (including phenoxy) is 1. The maximum Gasteiger partial charge on any atom is 0.260 e. The Kier molecular flexibility index (Phi) is 7.33. The highest BCUT2D eigenvalue weighted by atomic mass is 16.5. The molecule has 0 spiro atoms. The molecule has 6 nitrogen and oxygen atoms in total. The number of rotatable bonds is 6. The Morgan fingerprint density at radius 3 is 2.06 bits per heavy atom. The normalized spacial score (nSPS) is 14.4. The third-order valence-electron chi connectivity index (χ3n) is 5.78. The van der Waals surface area contributed by atoms with Crippen molar-refractivity contribution in [3.8, 4) is 5.75 Å². The molecule has 0 unspecified atom stereocenters. The standard InChI is InChI=1S/C25H33N3O3/c1-17-13-20(4)25(21(5)14-17)31-16-23(30)28-11-9-27(10-12-28)15-22(29)26-24-18(2)7-6-8-19(24)3/h6-8,13-14H,9-12,15-16H2,1-5H3,(H,26,29). The van der Waals surface area contributed by atoms with Crippen LogP contribution in [-0.4, -0.2) is 60.9 Å². The molecule has 2 aromatic rings. The number of piperazine rings is 1. The number of para-hydroxylation sites is 1. The first kappa shape index (κ1) is 22.8. The van der Waals surface area contributed by atoms with Gasteiger partial charge in [-0.15, -0.1) is 0 Å². The molecule has 0 atom stereocenters. The molecule has 1 aliphatic rings. The van der Waals surface area contributed by atoms with Crippen LogP contribution in [0.4, 0.5) is 5.69 Å². The molecule has 2 amide bonds. The van der Waals surface area contributed by atoms with Gasteiger partial charge in [-0.05, 0) is 56.9 Å². The quantitative estimate of drug-likeness (QED) is 0.774. The molecule has 1 heterocycles. The van der Waals surface area contributed by atoms with Gasteiger partial charge in [-0.25, -0.2) is 0 Å². The largest absolute Gasteiger partial charge is 0.483 e. The number of anilines is 1. The number of hydrogen-bond acceptors (Lipinski definition) is 4. The van der Waals surface area contributed by atoms with Crippen molar-refractivity contribution >= 4 is 17.5 Å². The number of amides is 2. The van der Waals surface area contributed by atoms with Gasteiger partial charge >= 0.3 is 0 Å². The zero-order valence-corrected chi connectivity index (χ0v) is 19.2. The molecule has 0 aromatic heterocycles. The summed E-state index contributed by atoms with van der Waals surface area (Å²) in [5.74, 6) is 0.755. The Hall–Kier alpha value is -2.86. The van der Waals surface area contributed by atoms with E-state index in [0.717, 1.165) is 33.7 Å². The van der Waals surface area contributed by atoms with Crippen LogP contribution in [0.3, 0.4) is 0 Å². The maximum atomic E-state index is 12.6. The fourth-order valence-corrected chi connectivity index (χ4v) is 4.17. The summed E-state index contributed by atoms with van der Waals surface area (Å²) in [5, 5.41) is 3.03. The molecule has 0 radical (unpaired) electrons. The van der Waals surface area contributed by atoms with Crippen LogP contribution >= 0.6 is 0 Å². The highest BCUT2D eigenvalue weighted by molar-refractivity contribution is 5.93. The topological polar surface area (TPSA) is 61.9 Å². The number of nitrogens with zero attached hydrogens (tertiary/aromatic N) is 2. The van der Waals surface area contributed by atoms with Crippen LogP contribution in [0.2, 0.25) is 0 Å². The first-order valence-electron chi connectivity index (χ1n) is 10.8. The van der Waals surface area contributed by atoms with E-state index in [0.29, 0.717) is 32.7 Å². The first-order valence-corrected chi connectivity index (χ1v) is 10.8. The monoisotopic (exact) mass is 423 g/mol. The number of carbonyl (C=O) groups is 2. The molecule has 0 aliphatic carbocycles. The Balaban J connectivity index is 1.46. The smallest absolute Gasteiger partial charge is 0.260 e. The number of benzene rings is 2. The van der Waals surface area contributed by atoms with Gasteiger partial charge in [-0.1, -0.05) is 35.9 Å². The van der Waals surface area contributed by atoms with Crippen LogP contribution in [0.15, 0.2) is 30.3 Å². The summed E-state index contributed by atoms with van der Waals surface area (Å²) < 4.78 is 5.85. The van der Waals surface area contributed by atoms with Crippen molar-refractivity contribution in [2.24, 2.45) is 0 Å². The van der Waals surface area contributed by atoms with Crippen molar-refractivity contribution in [3.05, 3.63) is 58.1 Å². The van der Waals surface area contributed by atoms with Gasteiger partial charge in [-0.2, -0.15) is 0 Å². The molecule has 1 aliphatic heterocycles. The Morgan fingerprint density at radius 2 is 1.48 bits per heavy atom. The average molecular weight is 424 g/mol. The van der Waals surface area contributed by atoms with Crippen LogP contribution < -0.4 is 10.1 Å². The van der Waals surface area contributed by atoms with Gasteiger partial charge in [0.2, 0.25) is 5.91 Å². The van der Waals surface area contributed by atoms with E-state index in [1.165, 1.54) is 5.56 Å². The zero-order chi connectivity index (χ0) is 22.5. The van der Waals surface area contributed by atoms with Crippen LogP contribution in [0, 0.1) is 34.6 Å². The minimum atomic E-state index is -0.0224. The number of aryl methyl sites for hydroxylation is 5. The van der Waals surface area contributed by atoms with Crippen molar-refractivity contribution < 1.29 is 14.3 Å².